The number of hydrogen-bond acceptors (Lipinski definition) is 0. The van der Waals surface area contributed by atoms with Crippen molar-refractivity contribution in [3.05, 3.63) is 35.9 Å². The van der Waals surface area contributed by atoms with Gasteiger partial charge >= 0.3 is 0 Å². The van der Waals surface area contributed by atoms with Crippen LogP contribution in [-0.4, -0.2) is 24.1 Å². The molecule has 1 nitrogen and oxygen atoms in total. The molecule has 1 aromatic carbocycles. The zero-order valence-electron chi connectivity index (χ0n) is 19.0. The molecule has 1 fully saturated rings. The molecule has 0 N–H and O–H groups in total. The Hall–Kier alpha value is -0.820. The summed E-state index contributed by atoms with van der Waals surface area (Å²) >= 11 is 0. The highest BCUT2D eigenvalue weighted by Crippen LogP contribution is 2.25. The summed E-state index contributed by atoms with van der Waals surface area (Å²) in [6, 6.07) is 11.2. The lowest BCUT2D eigenvalue weighted by molar-refractivity contribution is -0.930. The number of unbranched alkanes of at least 4 members (excludes halogenated alkanes) is 13. The van der Waals surface area contributed by atoms with E-state index in [2.05, 4.69) is 37.3 Å². The molecular formula is C27H48N+. The number of likely N-dealkylation sites (tertiary alicyclic amines) is 1. The molecule has 0 aromatic heterocycles. The smallest absolute Gasteiger partial charge is 0.104 e. The molecule has 1 heteroatoms. The van der Waals surface area contributed by atoms with Gasteiger partial charge in [0.05, 0.1) is 19.6 Å². The normalized spacial score (nSPS) is 15.9. The molecule has 0 aliphatic carbocycles. The summed E-state index contributed by atoms with van der Waals surface area (Å²) in [7, 11) is 0. The van der Waals surface area contributed by atoms with Crippen LogP contribution in [0.4, 0.5) is 0 Å². The minimum Gasteiger partial charge on any atom is -0.320 e. The zero-order chi connectivity index (χ0) is 19.8. The number of benzene rings is 1. The molecule has 0 atom stereocenters. The van der Waals surface area contributed by atoms with Gasteiger partial charge < -0.3 is 4.48 Å². The first-order chi connectivity index (χ1) is 13.8. The summed E-state index contributed by atoms with van der Waals surface area (Å²) in [5, 5.41) is 0. The first kappa shape index (κ1) is 23.5. The Bertz CT molecular complexity index is 460. The van der Waals surface area contributed by atoms with E-state index in [1.165, 1.54) is 139 Å². The van der Waals surface area contributed by atoms with Crippen molar-refractivity contribution in [2.75, 3.05) is 19.6 Å². The fraction of sp³-hybridized carbons (Fsp3) is 0.778. The van der Waals surface area contributed by atoms with Crippen LogP contribution in [0, 0.1) is 0 Å². The molecule has 0 spiro atoms. The van der Waals surface area contributed by atoms with Crippen LogP contribution >= 0.6 is 0 Å². The quantitative estimate of drug-likeness (QED) is 0.187. The van der Waals surface area contributed by atoms with Gasteiger partial charge in [-0.05, 0) is 12.8 Å². The summed E-state index contributed by atoms with van der Waals surface area (Å²) in [6.07, 6.45) is 23.3. The van der Waals surface area contributed by atoms with Crippen molar-refractivity contribution in [3.63, 3.8) is 0 Å². The van der Waals surface area contributed by atoms with Gasteiger partial charge in [0.25, 0.3) is 0 Å². The van der Waals surface area contributed by atoms with Gasteiger partial charge in [0.1, 0.15) is 6.54 Å². The summed E-state index contributed by atoms with van der Waals surface area (Å²) in [5.41, 5.74) is 1.54. The Labute approximate surface area is 176 Å². The van der Waals surface area contributed by atoms with Gasteiger partial charge in [-0.2, -0.15) is 0 Å². The molecule has 1 saturated heterocycles. The van der Waals surface area contributed by atoms with E-state index in [1.807, 2.05) is 0 Å². The van der Waals surface area contributed by atoms with Crippen LogP contribution in [0.15, 0.2) is 30.3 Å². The lowest BCUT2D eigenvalue weighted by Crippen LogP contribution is -2.45. The minimum atomic E-state index is 1.26. The molecule has 1 heterocycles. The Balaban J connectivity index is 1.44. The number of hydrogen-bond donors (Lipinski definition) is 0. The van der Waals surface area contributed by atoms with Crippen molar-refractivity contribution >= 4 is 0 Å². The second-order valence-electron chi connectivity index (χ2n) is 9.46. The van der Waals surface area contributed by atoms with E-state index >= 15 is 0 Å². The van der Waals surface area contributed by atoms with Gasteiger partial charge in [-0.15, -0.1) is 0 Å². The Morgan fingerprint density at radius 2 is 1.07 bits per heavy atom. The van der Waals surface area contributed by atoms with E-state index in [1.54, 1.807) is 0 Å². The van der Waals surface area contributed by atoms with Crippen LogP contribution in [0.5, 0.6) is 0 Å². The van der Waals surface area contributed by atoms with Gasteiger partial charge in [-0.25, -0.2) is 0 Å². The molecule has 0 radical (unpaired) electrons. The van der Waals surface area contributed by atoms with Gasteiger partial charge in [0, 0.05) is 18.4 Å². The highest BCUT2D eigenvalue weighted by Gasteiger charge is 2.31. The molecule has 1 aliphatic heterocycles. The Kier molecular flexibility index (Phi) is 12.6. The first-order valence-electron chi connectivity index (χ1n) is 12.7. The number of quaternary nitrogens is 1. The lowest BCUT2D eigenvalue weighted by atomic mass is 10.0. The lowest BCUT2D eigenvalue weighted by Gasteiger charge is -2.34. The third-order valence-electron chi connectivity index (χ3n) is 6.86. The van der Waals surface area contributed by atoms with Gasteiger partial charge in [-0.1, -0.05) is 114 Å². The number of nitrogens with zero attached hydrogens (tertiary/aromatic N) is 1. The van der Waals surface area contributed by atoms with Crippen LogP contribution in [0.25, 0.3) is 0 Å². The minimum absolute atomic E-state index is 1.26. The first-order valence-corrected chi connectivity index (χ1v) is 12.7. The van der Waals surface area contributed by atoms with Crippen LogP contribution in [0.1, 0.15) is 115 Å². The zero-order valence-corrected chi connectivity index (χ0v) is 19.0. The van der Waals surface area contributed by atoms with Crippen LogP contribution in [0.2, 0.25) is 0 Å². The maximum Gasteiger partial charge on any atom is 0.104 e. The second kappa shape index (κ2) is 15.1. The van der Waals surface area contributed by atoms with Gasteiger partial charge in [0.15, 0.2) is 0 Å². The van der Waals surface area contributed by atoms with E-state index < -0.39 is 0 Å². The van der Waals surface area contributed by atoms with Crippen molar-refractivity contribution in [1.29, 1.82) is 0 Å². The maximum absolute atomic E-state index is 2.32. The standard InChI is InChI=1S/C27H48N/c1-2-3-4-5-6-7-8-9-10-11-12-13-14-18-23-28(24-19-20-25-28)26-27-21-16-15-17-22-27/h15-17,21-22H,2-14,18-20,23-26H2,1H3/q+1. The molecule has 1 aromatic rings. The molecule has 28 heavy (non-hydrogen) atoms. The third-order valence-corrected chi connectivity index (χ3v) is 6.86. The van der Waals surface area contributed by atoms with E-state index in [0.717, 1.165) is 0 Å². The molecule has 1 aliphatic rings. The van der Waals surface area contributed by atoms with Crippen LogP contribution in [0.3, 0.4) is 0 Å². The molecule has 0 amide bonds. The van der Waals surface area contributed by atoms with E-state index in [-0.39, 0.29) is 0 Å². The molecule has 0 unspecified atom stereocenters. The van der Waals surface area contributed by atoms with E-state index in [9.17, 15) is 0 Å². The fourth-order valence-corrected chi connectivity index (χ4v) is 5.08. The summed E-state index contributed by atoms with van der Waals surface area (Å²) in [6.45, 7) is 7.80. The van der Waals surface area contributed by atoms with Crippen molar-refractivity contribution < 1.29 is 4.48 Å². The highest BCUT2D eigenvalue weighted by molar-refractivity contribution is 5.13. The topological polar surface area (TPSA) is 0 Å². The predicted molar refractivity (Wildman–Crippen MR) is 125 cm³/mol. The second-order valence-corrected chi connectivity index (χ2v) is 9.46. The average Bonchev–Trinajstić information content (AvgIpc) is 3.17. The SMILES string of the molecule is CCCCCCCCCCCCCCCC[N+]1(Cc2ccccc2)CCCC1. The van der Waals surface area contributed by atoms with Crippen molar-refractivity contribution in [2.24, 2.45) is 0 Å². The number of rotatable bonds is 17. The van der Waals surface area contributed by atoms with Crippen LogP contribution in [-0.2, 0) is 6.54 Å². The summed E-state index contributed by atoms with van der Waals surface area (Å²) in [5.74, 6) is 0. The van der Waals surface area contributed by atoms with E-state index in [0.29, 0.717) is 0 Å². The molecule has 160 valence electrons. The molecule has 0 saturated carbocycles. The van der Waals surface area contributed by atoms with Gasteiger partial charge in [0.2, 0.25) is 0 Å². The van der Waals surface area contributed by atoms with Crippen molar-refractivity contribution in [3.8, 4) is 0 Å². The highest BCUT2D eigenvalue weighted by atomic mass is 15.4. The van der Waals surface area contributed by atoms with Gasteiger partial charge in [-0.3, -0.25) is 0 Å². The largest absolute Gasteiger partial charge is 0.320 e. The average molecular weight is 387 g/mol. The molecular weight excluding hydrogens is 338 g/mol. The molecule has 0 bridgehead atoms. The Morgan fingerprint density at radius 3 is 1.57 bits per heavy atom. The van der Waals surface area contributed by atoms with Crippen molar-refractivity contribution in [2.45, 2.75) is 116 Å². The summed E-state index contributed by atoms with van der Waals surface area (Å²) < 4.78 is 1.36. The predicted octanol–water partition coefficient (Wildman–Crippen LogP) is 8.28. The monoisotopic (exact) mass is 386 g/mol. The van der Waals surface area contributed by atoms with Crippen molar-refractivity contribution in [1.82, 2.24) is 0 Å². The maximum atomic E-state index is 2.32. The fourth-order valence-electron chi connectivity index (χ4n) is 5.08. The Morgan fingerprint density at radius 1 is 0.607 bits per heavy atom. The van der Waals surface area contributed by atoms with Crippen LogP contribution < -0.4 is 0 Å². The van der Waals surface area contributed by atoms with E-state index in [4.69, 9.17) is 0 Å². The molecule has 2 rings (SSSR count). The summed E-state index contributed by atoms with van der Waals surface area (Å²) in [4.78, 5) is 0. The third kappa shape index (κ3) is 10.1.